The molecular weight excluding hydrogens is 394 g/mol. The molecular formula is C21H16ClN3O2S. The summed E-state index contributed by atoms with van der Waals surface area (Å²) in [6.45, 7) is 0. The number of rotatable bonds is 6. The fourth-order valence-electron chi connectivity index (χ4n) is 2.78. The average Bonchev–Trinajstić information content (AvgIpc) is 3.41. The van der Waals surface area contributed by atoms with Gasteiger partial charge < -0.3 is 9.84 Å². The lowest BCUT2D eigenvalue weighted by Gasteiger charge is -2.14. The van der Waals surface area contributed by atoms with E-state index in [1.165, 1.54) is 11.3 Å². The molecule has 0 aliphatic carbocycles. The van der Waals surface area contributed by atoms with Crippen molar-refractivity contribution in [1.82, 2.24) is 15.5 Å². The van der Waals surface area contributed by atoms with E-state index >= 15 is 0 Å². The molecule has 0 bridgehead atoms. The van der Waals surface area contributed by atoms with E-state index in [-0.39, 0.29) is 5.91 Å². The van der Waals surface area contributed by atoms with E-state index in [2.05, 4.69) is 15.5 Å². The molecule has 1 N–H and O–H groups in total. The van der Waals surface area contributed by atoms with Crippen molar-refractivity contribution in [3.8, 4) is 11.4 Å². The number of hydrogen-bond donors (Lipinski definition) is 1. The maximum Gasteiger partial charge on any atom is 0.262 e. The van der Waals surface area contributed by atoms with Gasteiger partial charge >= 0.3 is 0 Å². The second kappa shape index (κ2) is 8.37. The number of halogens is 1. The van der Waals surface area contributed by atoms with Gasteiger partial charge in [0.2, 0.25) is 11.7 Å². The molecule has 4 aromatic rings. The van der Waals surface area contributed by atoms with E-state index < -0.39 is 6.04 Å². The number of thiophene rings is 1. The van der Waals surface area contributed by atoms with Crippen LogP contribution in [0.3, 0.4) is 0 Å². The first-order chi connectivity index (χ1) is 13.7. The van der Waals surface area contributed by atoms with Crippen LogP contribution in [0.4, 0.5) is 0 Å². The normalized spacial score (nSPS) is 11.9. The van der Waals surface area contributed by atoms with Crippen LogP contribution in [0, 0.1) is 0 Å². The lowest BCUT2D eigenvalue weighted by atomic mass is 10.1. The largest absolute Gasteiger partial charge is 0.339 e. The second-order valence-electron chi connectivity index (χ2n) is 6.16. The van der Waals surface area contributed by atoms with Crippen molar-refractivity contribution in [2.75, 3.05) is 0 Å². The lowest BCUT2D eigenvalue weighted by Crippen LogP contribution is -2.29. The number of aromatic nitrogens is 2. The predicted octanol–water partition coefficient (Wildman–Crippen LogP) is 5.17. The summed E-state index contributed by atoms with van der Waals surface area (Å²) >= 11 is 7.33. The highest BCUT2D eigenvalue weighted by Gasteiger charge is 2.23. The van der Waals surface area contributed by atoms with Crippen LogP contribution in [-0.4, -0.2) is 16.0 Å². The van der Waals surface area contributed by atoms with Gasteiger partial charge in [-0.2, -0.15) is 4.98 Å². The summed E-state index contributed by atoms with van der Waals surface area (Å²) in [5.74, 6) is 0.649. The van der Waals surface area contributed by atoms with E-state index in [1.54, 1.807) is 18.2 Å². The Labute approximate surface area is 171 Å². The minimum absolute atomic E-state index is 0.165. The molecule has 0 saturated carbocycles. The van der Waals surface area contributed by atoms with Gasteiger partial charge in [-0.25, -0.2) is 0 Å². The molecule has 0 saturated heterocycles. The molecule has 28 heavy (non-hydrogen) atoms. The highest BCUT2D eigenvalue weighted by atomic mass is 35.5. The van der Waals surface area contributed by atoms with Gasteiger partial charge in [0, 0.05) is 17.0 Å². The van der Waals surface area contributed by atoms with Gasteiger partial charge in [0.15, 0.2) is 0 Å². The minimum Gasteiger partial charge on any atom is -0.339 e. The van der Waals surface area contributed by atoms with Crippen molar-refractivity contribution in [2.45, 2.75) is 12.5 Å². The van der Waals surface area contributed by atoms with Crippen LogP contribution < -0.4 is 5.32 Å². The predicted molar refractivity (Wildman–Crippen MR) is 109 cm³/mol. The monoisotopic (exact) mass is 409 g/mol. The Balaban J connectivity index is 1.61. The molecule has 140 valence electrons. The molecule has 0 spiro atoms. The average molecular weight is 410 g/mol. The maximum absolute atomic E-state index is 12.6. The van der Waals surface area contributed by atoms with Crippen molar-refractivity contribution < 1.29 is 9.32 Å². The fourth-order valence-corrected chi connectivity index (χ4v) is 3.53. The van der Waals surface area contributed by atoms with Gasteiger partial charge in [0.1, 0.15) is 6.04 Å². The molecule has 2 heterocycles. The molecule has 2 aromatic carbocycles. The third-order valence-corrected chi connectivity index (χ3v) is 5.30. The second-order valence-corrected chi connectivity index (χ2v) is 7.54. The topological polar surface area (TPSA) is 68.0 Å². The molecule has 0 aliphatic heterocycles. The van der Waals surface area contributed by atoms with Crippen molar-refractivity contribution in [1.29, 1.82) is 0 Å². The molecule has 7 heteroatoms. The van der Waals surface area contributed by atoms with Gasteiger partial charge in [0.25, 0.3) is 5.91 Å². The Kier molecular flexibility index (Phi) is 5.50. The van der Waals surface area contributed by atoms with Crippen molar-refractivity contribution >= 4 is 28.8 Å². The van der Waals surface area contributed by atoms with Crippen LogP contribution in [0.5, 0.6) is 0 Å². The van der Waals surface area contributed by atoms with Crippen LogP contribution in [0.25, 0.3) is 11.4 Å². The molecule has 0 unspecified atom stereocenters. The van der Waals surface area contributed by atoms with Gasteiger partial charge in [-0.1, -0.05) is 53.2 Å². The molecule has 0 fully saturated rings. The van der Waals surface area contributed by atoms with Crippen molar-refractivity contribution in [3.05, 3.63) is 93.5 Å². The molecule has 1 atom stereocenters. The van der Waals surface area contributed by atoms with E-state index in [0.717, 1.165) is 11.1 Å². The van der Waals surface area contributed by atoms with Crippen LogP contribution in [0.2, 0.25) is 5.02 Å². The summed E-state index contributed by atoms with van der Waals surface area (Å²) < 4.78 is 5.50. The summed E-state index contributed by atoms with van der Waals surface area (Å²) in [5, 5.41) is 9.59. The van der Waals surface area contributed by atoms with Crippen LogP contribution in [0.15, 0.2) is 76.6 Å². The Morgan fingerprint density at radius 2 is 1.86 bits per heavy atom. The number of amides is 1. The third kappa shape index (κ3) is 4.30. The number of nitrogens with one attached hydrogen (secondary N) is 1. The zero-order chi connectivity index (χ0) is 19.3. The highest BCUT2D eigenvalue weighted by Crippen LogP contribution is 2.23. The van der Waals surface area contributed by atoms with E-state index in [9.17, 15) is 4.79 Å². The van der Waals surface area contributed by atoms with Gasteiger partial charge in [0.05, 0.1) is 4.88 Å². The standard InChI is InChI=1S/C21H16ClN3O2S/c22-16-10-8-15(9-11-16)19-24-21(27-25-19)17(13-14-5-2-1-3-6-14)23-20(26)18-7-4-12-28-18/h1-12,17H,13H2,(H,23,26)/t17-/m0/s1. The molecule has 1 amide bonds. The number of carbonyl (C=O) groups is 1. The van der Waals surface area contributed by atoms with Gasteiger partial charge in [-0.05, 0) is 41.3 Å². The molecule has 0 aliphatic rings. The molecule has 0 radical (unpaired) electrons. The highest BCUT2D eigenvalue weighted by molar-refractivity contribution is 7.12. The quantitative estimate of drug-likeness (QED) is 0.477. The molecule has 5 nitrogen and oxygen atoms in total. The number of nitrogens with zero attached hydrogens (tertiary/aromatic N) is 2. The fraction of sp³-hybridized carbons (Fsp3) is 0.0952. The van der Waals surface area contributed by atoms with Crippen molar-refractivity contribution in [2.24, 2.45) is 0 Å². The summed E-state index contributed by atoms with van der Waals surface area (Å²) in [7, 11) is 0. The van der Waals surface area contributed by atoms with Crippen LogP contribution in [-0.2, 0) is 6.42 Å². The molecule has 4 rings (SSSR count). The maximum atomic E-state index is 12.6. The first kappa shape index (κ1) is 18.4. The smallest absolute Gasteiger partial charge is 0.262 e. The summed E-state index contributed by atoms with van der Waals surface area (Å²) in [4.78, 5) is 17.7. The van der Waals surface area contributed by atoms with E-state index in [1.807, 2.05) is 53.9 Å². The summed E-state index contributed by atoms with van der Waals surface area (Å²) in [5.41, 5.74) is 1.85. The summed E-state index contributed by atoms with van der Waals surface area (Å²) in [6, 6.07) is 20.3. The Morgan fingerprint density at radius 3 is 2.57 bits per heavy atom. The minimum atomic E-state index is -0.439. The van der Waals surface area contributed by atoms with Crippen molar-refractivity contribution in [3.63, 3.8) is 0 Å². The number of hydrogen-bond acceptors (Lipinski definition) is 5. The number of benzene rings is 2. The number of carbonyl (C=O) groups excluding carboxylic acids is 1. The zero-order valence-corrected chi connectivity index (χ0v) is 16.3. The Bertz CT molecular complexity index is 1050. The van der Waals surface area contributed by atoms with Gasteiger partial charge in [-0.15, -0.1) is 11.3 Å². The SMILES string of the molecule is O=C(N[C@@H](Cc1ccccc1)c1nc(-c2ccc(Cl)cc2)no1)c1cccs1. The first-order valence-electron chi connectivity index (χ1n) is 8.67. The zero-order valence-electron chi connectivity index (χ0n) is 14.7. The molecule has 2 aromatic heterocycles. The van der Waals surface area contributed by atoms with Gasteiger partial charge in [-0.3, -0.25) is 4.79 Å². The first-order valence-corrected chi connectivity index (χ1v) is 9.92. The summed E-state index contributed by atoms with van der Waals surface area (Å²) in [6.07, 6.45) is 0.542. The Morgan fingerprint density at radius 1 is 1.07 bits per heavy atom. The lowest BCUT2D eigenvalue weighted by molar-refractivity contribution is 0.0932. The Hall–Kier alpha value is -2.96. The third-order valence-electron chi connectivity index (χ3n) is 4.18. The van der Waals surface area contributed by atoms with E-state index in [4.69, 9.17) is 16.1 Å². The van der Waals surface area contributed by atoms with Crippen LogP contribution in [0.1, 0.15) is 27.2 Å². The van der Waals surface area contributed by atoms with Crippen LogP contribution >= 0.6 is 22.9 Å². The van der Waals surface area contributed by atoms with E-state index in [0.29, 0.717) is 28.0 Å².